The molecular formula is C24H23Br2N3O5. The predicted molar refractivity (Wildman–Crippen MR) is 135 cm³/mol. The van der Waals surface area contributed by atoms with E-state index < -0.39 is 18.0 Å². The Morgan fingerprint density at radius 3 is 2.41 bits per heavy atom. The van der Waals surface area contributed by atoms with Gasteiger partial charge in [-0.1, -0.05) is 18.2 Å². The summed E-state index contributed by atoms with van der Waals surface area (Å²) in [5, 5.41) is 23.1. The molecule has 0 saturated carbocycles. The highest BCUT2D eigenvalue weighted by Gasteiger charge is 2.29. The second-order valence-corrected chi connectivity index (χ2v) is 10.1. The second-order valence-electron chi connectivity index (χ2n) is 8.35. The Balaban J connectivity index is 1.40. The number of amides is 2. The highest BCUT2D eigenvalue weighted by molar-refractivity contribution is 9.11. The molecule has 0 bridgehead atoms. The van der Waals surface area contributed by atoms with Gasteiger partial charge in [0.05, 0.1) is 8.95 Å². The third-order valence-corrected chi connectivity index (χ3v) is 7.33. The number of aromatic hydroxyl groups is 1. The molecule has 0 spiro atoms. The number of hydrogen-bond donors (Lipinski definition) is 4. The molecule has 1 saturated heterocycles. The number of pyridine rings is 1. The number of urea groups is 1. The smallest absolute Gasteiger partial charge is 0.326 e. The summed E-state index contributed by atoms with van der Waals surface area (Å²) < 4.78 is 0.858. The number of H-pyrrole nitrogens is 1. The van der Waals surface area contributed by atoms with Gasteiger partial charge < -0.3 is 25.4 Å². The average molecular weight is 593 g/mol. The minimum absolute atomic E-state index is 0.0211. The Labute approximate surface area is 212 Å². The summed E-state index contributed by atoms with van der Waals surface area (Å²) in [5.74, 6) is -1.10. The van der Waals surface area contributed by atoms with Gasteiger partial charge in [-0.25, -0.2) is 9.59 Å². The van der Waals surface area contributed by atoms with E-state index in [4.69, 9.17) is 0 Å². The summed E-state index contributed by atoms with van der Waals surface area (Å²) in [4.78, 5) is 41.7. The molecule has 1 aliphatic rings. The molecule has 0 unspecified atom stereocenters. The van der Waals surface area contributed by atoms with Gasteiger partial charge in [-0.3, -0.25) is 4.79 Å². The maximum Gasteiger partial charge on any atom is 0.326 e. The topological polar surface area (TPSA) is 123 Å². The molecule has 0 radical (unpaired) electrons. The van der Waals surface area contributed by atoms with Crippen molar-refractivity contribution in [1.29, 1.82) is 0 Å². The van der Waals surface area contributed by atoms with Crippen LogP contribution in [0.4, 0.5) is 4.79 Å². The Hall–Kier alpha value is -2.85. The van der Waals surface area contributed by atoms with Gasteiger partial charge in [0.2, 0.25) is 0 Å². The summed E-state index contributed by atoms with van der Waals surface area (Å²) in [7, 11) is 0. The minimum Gasteiger partial charge on any atom is -0.506 e. The molecule has 0 aliphatic carbocycles. The molecule has 34 heavy (non-hydrogen) atoms. The number of para-hydroxylation sites is 1. The lowest BCUT2D eigenvalue weighted by molar-refractivity contribution is -0.139. The molecule has 2 amide bonds. The number of benzene rings is 2. The van der Waals surface area contributed by atoms with Gasteiger partial charge in [0.15, 0.2) is 0 Å². The molecule has 1 atom stereocenters. The average Bonchev–Trinajstić information content (AvgIpc) is 2.81. The fourth-order valence-corrected chi connectivity index (χ4v) is 5.55. The van der Waals surface area contributed by atoms with Crippen molar-refractivity contribution in [2.75, 3.05) is 13.1 Å². The maximum absolute atomic E-state index is 12.8. The summed E-state index contributed by atoms with van der Waals surface area (Å²) in [6.07, 6.45) is 1.29. The van der Waals surface area contributed by atoms with Crippen LogP contribution in [-0.2, 0) is 11.2 Å². The predicted octanol–water partition coefficient (Wildman–Crippen LogP) is 4.34. The van der Waals surface area contributed by atoms with Crippen molar-refractivity contribution in [3.8, 4) is 5.75 Å². The highest BCUT2D eigenvalue weighted by atomic mass is 79.9. The van der Waals surface area contributed by atoms with Crippen LogP contribution in [0.3, 0.4) is 0 Å². The molecule has 178 valence electrons. The Bertz CT molecular complexity index is 1280. The third-order valence-electron chi connectivity index (χ3n) is 6.12. The van der Waals surface area contributed by atoms with E-state index in [2.05, 4.69) is 42.2 Å². The lowest BCUT2D eigenvalue weighted by Gasteiger charge is -2.32. The van der Waals surface area contributed by atoms with Crippen molar-refractivity contribution < 1.29 is 19.8 Å². The summed E-state index contributed by atoms with van der Waals surface area (Å²) in [5.41, 5.74) is 2.03. The van der Waals surface area contributed by atoms with Crippen LogP contribution in [0.5, 0.6) is 5.75 Å². The van der Waals surface area contributed by atoms with Gasteiger partial charge in [-0.05, 0) is 85.8 Å². The largest absolute Gasteiger partial charge is 0.506 e. The lowest BCUT2D eigenvalue weighted by Crippen LogP contribution is -2.50. The fourth-order valence-electron chi connectivity index (χ4n) is 4.27. The first-order valence-electron chi connectivity index (χ1n) is 10.8. The van der Waals surface area contributed by atoms with E-state index in [0.717, 1.165) is 10.9 Å². The highest BCUT2D eigenvalue weighted by Crippen LogP contribution is 2.33. The van der Waals surface area contributed by atoms with Gasteiger partial charge in [0.25, 0.3) is 5.56 Å². The molecule has 4 N–H and O–H groups in total. The monoisotopic (exact) mass is 591 g/mol. The normalized spacial score (nSPS) is 15.3. The van der Waals surface area contributed by atoms with Crippen LogP contribution in [0.2, 0.25) is 0 Å². The number of aromatic nitrogens is 1. The Morgan fingerprint density at radius 1 is 1.12 bits per heavy atom. The number of carboxylic acids is 1. The summed E-state index contributed by atoms with van der Waals surface area (Å²) in [6.45, 7) is 0.844. The van der Waals surface area contributed by atoms with Gasteiger partial charge >= 0.3 is 12.0 Å². The second kappa shape index (κ2) is 10.2. The number of halogens is 2. The van der Waals surface area contributed by atoms with E-state index in [-0.39, 0.29) is 23.6 Å². The maximum atomic E-state index is 12.8. The number of rotatable bonds is 5. The molecule has 2 aromatic carbocycles. The van der Waals surface area contributed by atoms with Crippen molar-refractivity contribution in [1.82, 2.24) is 15.2 Å². The molecule has 10 heteroatoms. The number of hydrogen-bond acceptors (Lipinski definition) is 4. The van der Waals surface area contributed by atoms with Crippen LogP contribution in [0, 0.1) is 0 Å². The first-order chi connectivity index (χ1) is 16.2. The number of carbonyl (C=O) groups excluding carboxylic acids is 1. The first-order valence-corrected chi connectivity index (χ1v) is 12.4. The Kier molecular flexibility index (Phi) is 7.27. The SMILES string of the molecule is O=C(O)[C@@H](Cc1cc(Br)c(O)c(Br)c1)NC(=O)N1CCC(c2cc3ccccc3[nH]c2=O)CC1. The molecule has 4 rings (SSSR count). The van der Waals surface area contributed by atoms with Gasteiger partial charge in [-0.15, -0.1) is 0 Å². The standard InChI is InChI=1S/C24H23Br2N3O5/c25-17-9-13(10-18(26)21(17)30)11-20(23(32)33)28-24(34)29-7-5-14(6-8-29)16-12-15-3-1-2-4-19(15)27-22(16)31/h1-4,9-10,12,14,20,30H,5-8,11H2,(H,27,31)(H,28,34)(H,32,33)/t20-/m1/s1. The van der Waals surface area contributed by atoms with Gasteiger partial charge in [0.1, 0.15) is 11.8 Å². The zero-order valence-corrected chi connectivity index (χ0v) is 21.2. The quantitative estimate of drug-likeness (QED) is 0.351. The van der Waals surface area contributed by atoms with Crippen molar-refractivity contribution in [3.63, 3.8) is 0 Å². The van der Waals surface area contributed by atoms with Crippen molar-refractivity contribution in [2.45, 2.75) is 31.2 Å². The van der Waals surface area contributed by atoms with Crippen LogP contribution >= 0.6 is 31.9 Å². The van der Waals surface area contributed by atoms with Gasteiger partial charge in [-0.2, -0.15) is 0 Å². The molecular weight excluding hydrogens is 570 g/mol. The minimum atomic E-state index is -1.15. The molecule has 1 aliphatic heterocycles. The number of likely N-dealkylation sites (tertiary alicyclic amines) is 1. The molecule has 1 fully saturated rings. The number of carboxylic acid groups (broad SMARTS) is 1. The van der Waals surface area contributed by atoms with E-state index in [1.54, 1.807) is 17.0 Å². The van der Waals surface area contributed by atoms with Crippen LogP contribution in [0.15, 0.2) is 56.2 Å². The van der Waals surface area contributed by atoms with E-state index in [9.17, 15) is 24.6 Å². The van der Waals surface area contributed by atoms with E-state index in [1.807, 2.05) is 30.3 Å². The van der Waals surface area contributed by atoms with Crippen LogP contribution in [-0.4, -0.2) is 51.2 Å². The number of phenolic OH excluding ortho intramolecular Hbond substituents is 1. The summed E-state index contributed by atoms with van der Waals surface area (Å²) >= 11 is 6.47. The van der Waals surface area contributed by atoms with Crippen LogP contribution in [0.1, 0.15) is 29.9 Å². The number of nitrogens with one attached hydrogen (secondary N) is 2. The number of phenols is 1. The van der Waals surface area contributed by atoms with Crippen molar-refractivity contribution >= 4 is 54.8 Å². The summed E-state index contributed by atoms with van der Waals surface area (Å²) in [6, 6.07) is 11.2. The fraction of sp³-hybridized carbons (Fsp3) is 0.292. The number of piperidine rings is 1. The third kappa shape index (κ3) is 5.28. The van der Waals surface area contributed by atoms with Crippen molar-refractivity contribution in [2.24, 2.45) is 0 Å². The van der Waals surface area contributed by atoms with E-state index in [0.29, 0.717) is 46.0 Å². The molecule has 8 nitrogen and oxygen atoms in total. The van der Waals surface area contributed by atoms with Crippen LogP contribution in [0.25, 0.3) is 10.9 Å². The lowest BCUT2D eigenvalue weighted by atomic mass is 9.89. The van der Waals surface area contributed by atoms with E-state index in [1.165, 1.54) is 0 Å². The number of fused-ring (bicyclic) bond motifs is 1. The zero-order valence-electron chi connectivity index (χ0n) is 18.1. The van der Waals surface area contributed by atoms with Crippen LogP contribution < -0.4 is 10.9 Å². The van der Waals surface area contributed by atoms with Gasteiger partial charge in [0, 0.05) is 30.6 Å². The first kappa shape index (κ1) is 24.3. The molecule has 3 aromatic rings. The number of carbonyl (C=O) groups is 2. The molecule has 1 aromatic heterocycles. The number of aromatic amines is 1. The number of nitrogens with zero attached hydrogens (tertiary/aromatic N) is 1. The molecule has 2 heterocycles. The van der Waals surface area contributed by atoms with E-state index >= 15 is 0 Å². The van der Waals surface area contributed by atoms with Crippen molar-refractivity contribution in [3.05, 3.63) is 72.9 Å². The Morgan fingerprint density at radius 2 is 1.76 bits per heavy atom. The number of aliphatic carboxylic acids is 1. The zero-order chi connectivity index (χ0) is 24.4.